The number of para-hydroxylation sites is 2. The zero-order valence-electron chi connectivity index (χ0n) is 13.9. The summed E-state index contributed by atoms with van der Waals surface area (Å²) in [6.07, 6.45) is 4.90. The van der Waals surface area contributed by atoms with Crippen molar-refractivity contribution in [3.05, 3.63) is 35.9 Å². The summed E-state index contributed by atoms with van der Waals surface area (Å²) in [6, 6.07) is 8.28. The zero-order valence-corrected chi connectivity index (χ0v) is 13.9. The maximum Gasteiger partial charge on any atom is 0.142 e. The number of anilines is 1. The SMILES string of the molecule is CC1=CC(C)CC(CNc2ccccc2OCC(C)C)C1. The van der Waals surface area contributed by atoms with Crippen molar-refractivity contribution in [2.24, 2.45) is 17.8 Å². The molecule has 0 heterocycles. The third-order valence-electron chi connectivity index (χ3n) is 3.93. The van der Waals surface area contributed by atoms with Gasteiger partial charge in [0.15, 0.2) is 0 Å². The summed E-state index contributed by atoms with van der Waals surface area (Å²) in [4.78, 5) is 0. The molecule has 0 aliphatic heterocycles. The first kappa shape index (κ1) is 15.9. The van der Waals surface area contributed by atoms with Crippen molar-refractivity contribution in [1.82, 2.24) is 0 Å². The lowest BCUT2D eigenvalue weighted by atomic mass is 9.84. The fraction of sp³-hybridized carbons (Fsp3) is 0.579. The lowest BCUT2D eigenvalue weighted by Gasteiger charge is -2.26. The van der Waals surface area contributed by atoms with Crippen LogP contribution in [-0.4, -0.2) is 13.2 Å². The van der Waals surface area contributed by atoms with Crippen LogP contribution in [0.2, 0.25) is 0 Å². The molecule has 1 aromatic carbocycles. The van der Waals surface area contributed by atoms with Crippen molar-refractivity contribution in [2.75, 3.05) is 18.5 Å². The number of rotatable bonds is 6. The minimum Gasteiger partial charge on any atom is -0.491 e. The highest BCUT2D eigenvalue weighted by atomic mass is 16.5. The standard InChI is InChI=1S/C19H29NO/c1-14(2)13-21-19-8-6-5-7-18(19)20-12-17-10-15(3)9-16(4)11-17/h5-9,14-15,17,20H,10-13H2,1-4H3. The molecule has 0 aromatic heterocycles. The van der Waals surface area contributed by atoms with Crippen molar-refractivity contribution >= 4 is 5.69 Å². The summed E-state index contributed by atoms with van der Waals surface area (Å²) in [7, 11) is 0. The van der Waals surface area contributed by atoms with Crippen LogP contribution in [0.1, 0.15) is 40.5 Å². The Morgan fingerprint density at radius 3 is 2.76 bits per heavy atom. The van der Waals surface area contributed by atoms with Gasteiger partial charge in [-0.25, -0.2) is 0 Å². The molecule has 2 nitrogen and oxygen atoms in total. The minimum absolute atomic E-state index is 0.546. The van der Waals surface area contributed by atoms with Crippen molar-refractivity contribution in [3.63, 3.8) is 0 Å². The van der Waals surface area contributed by atoms with Gasteiger partial charge < -0.3 is 10.1 Å². The third-order valence-corrected chi connectivity index (χ3v) is 3.93. The monoisotopic (exact) mass is 287 g/mol. The minimum atomic E-state index is 0.546. The van der Waals surface area contributed by atoms with E-state index in [0.717, 1.165) is 30.5 Å². The van der Waals surface area contributed by atoms with Crippen LogP contribution in [-0.2, 0) is 0 Å². The second kappa shape index (κ2) is 7.53. The van der Waals surface area contributed by atoms with E-state index in [-0.39, 0.29) is 0 Å². The molecule has 2 unspecified atom stereocenters. The van der Waals surface area contributed by atoms with Gasteiger partial charge in [-0.15, -0.1) is 0 Å². The Bertz CT molecular complexity index is 478. The van der Waals surface area contributed by atoms with Gasteiger partial charge in [0.05, 0.1) is 12.3 Å². The van der Waals surface area contributed by atoms with E-state index in [2.05, 4.69) is 57.3 Å². The summed E-state index contributed by atoms with van der Waals surface area (Å²) < 4.78 is 5.91. The highest BCUT2D eigenvalue weighted by Crippen LogP contribution is 2.30. The Morgan fingerprint density at radius 2 is 2.05 bits per heavy atom. The second-order valence-corrected chi connectivity index (χ2v) is 6.88. The summed E-state index contributed by atoms with van der Waals surface area (Å²) >= 11 is 0. The molecule has 2 atom stereocenters. The second-order valence-electron chi connectivity index (χ2n) is 6.88. The molecule has 21 heavy (non-hydrogen) atoms. The van der Waals surface area contributed by atoms with Crippen molar-refractivity contribution in [1.29, 1.82) is 0 Å². The van der Waals surface area contributed by atoms with Gasteiger partial charge in [-0.05, 0) is 49.7 Å². The molecule has 0 bridgehead atoms. The van der Waals surface area contributed by atoms with E-state index >= 15 is 0 Å². The van der Waals surface area contributed by atoms with E-state index < -0.39 is 0 Å². The van der Waals surface area contributed by atoms with Crippen LogP contribution in [0, 0.1) is 17.8 Å². The van der Waals surface area contributed by atoms with Crippen LogP contribution in [0.5, 0.6) is 5.75 Å². The smallest absolute Gasteiger partial charge is 0.142 e. The number of benzene rings is 1. The molecule has 116 valence electrons. The molecule has 2 rings (SSSR count). The van der Waals surface area contributed by atoms with E-state index in [1.54, 1.807) is 0 Å². The van der Waals surface area contributed by atoms with Crippen molar-refractivity contribution < 1.29 is 4.74 Å². The van der Waals surface area contributed by atoms with E-state index in [1.165, 1.54) is 18.4 Å². The number of hydrogen-bond acceptors (Lipinski definition) is 2. The first-order chi connectivity index (χ1) is 10.0. The van der Waals surface area contributed by atoms with Gasteiger partial charge in [0, 0.05) is 6.54 Å². The maximum atomic E-state index is 5.91. The summed E-state index contributed by atoms with van der Waals surface area (Å²) in [6.45, 7) is 10.7. The number of hydrogen-bond donors (Lipinski definition) is 1. The molecule has 0 saturated carbocycles. The molecule has 0 spiro atoms. The fourth-order valence-electron chi connectivity index (χ4n) is 3.09. The van der Waals surface area contributed by atoms with Gasteiger partial charge in [0.25, 0.3) is 0 Å². The zero-order chi connectivity index (χ0) is 15.2. The summed E-state index contributed by atoms with van der Waals surface area (Å²) in [5, 5.41) is 3.60. The van der Waals surface area contributed by atoms with Gasteiger partial charge in [-0.2, -0.15) is 0 Å². The largest absolute Gasteiger partial charge is 0.491 e. The highest BCUT2D eigenvalue weighted by molar-refractivity contribution is 5.56. The maximum absolute atomic E-state index is 5.91. The number of allylic oxidation sites excluding steroid dienone is 2. The molecule has 2 heteroatoms. The van der Waals surface area contributed by atoms with Crippen molar-refractivity contribution in [2.45, 2.75) is 40.5 Å². The average molecular weight is 287 g/mol. The predicted molar refractivity (Wildman–Crippen MR) is 90.9 cm³/mol. The van der Waals surface area contributed by atoms with E-state index in [4.69, 9.17) is 4.74 Å². The Hall–Kier alpha value is -1.44. The van der Waals surface area contributed by atoms with E-state index in [0.29, 0.717) is 11.8 Å². The Balaban J connectivity index is 1.92. The van der Waals surface area contributed by atoms with E-state index in [9.17, 15) is 0 Å². The first-order valence-corrected chi connectivity index (χ1v) is 8.17. The summed E-state index contributed by atoms with van der Waals surface area (Å²) in [5.41, 5.74) is 2.66. The molecule has 1 N–H and O–H groups in total. The summed E-state index contributed by atoms with van der Waals surface area (Å²) in [5.74, 6) is 2.95. The topological polar surface area (TPSA) is 21.3 Å². The molecule has 1 aliphatic rings. The molecule has 0 fully saturated rings. The lowest BCUT2D eigenvalue weighted by molar-refractivity contribution is 0.272. The van der Waals surface area contributed by atoms with Crippen LogP contribution in [0.15, 0.2) is 35.9 Å². The van der Waals surface area contributed by atoms with Crippen LogP contribution in [0.4, 0.5) is 5.69 Å². The van der Waals surface area contributed by atoms with Gasteiger partial charge in [0.2, 0.25) is 0 Å². The van der Waals surface area contributed by atoms with Crippen LogP contribution < -0.4 is 10.1 Å². The lowest BCUT2D eigenvalue weighted by Crippen LogP contribution is -2.20. The Morgan fingerprint density at radius 1 is 1.29 bits per heavy atom. The van der Waals surface area contributed by atoms with Gasteiger partial charge in [-0.3, -0.25) is 0 Å². The highest BCUT2D eigenvalue weighted by Gasteiger charge is 2.18. The molecule has 1 aliphatic carbocycles. The third kappa shape index (κ3) is 5.11. The van der Waals surface area contributed by atoms with Crippen LogP contribution >= 0.6 is 0 Å². The van der Waals surface area contributed by atoms with Gasteiger partial charge in [-0.1, -0.05) is 44.6 Å². The molecular weight excluding hydrogens is 258 g/mol. The van der Waals surface area contributed by atoms with Crippen LogP contribution in [0.25, 0.3) is 0 Å². The number of ether oxygens (including phenoxy) is 1. The average Bonchev–Trinajstić information content (AvgIpc) is 2.42. The molecular formula is C19H29NO. The van der Waals surface area contributed by atoms with Gasteiger partial charge >= 0.3 is 0 Å². The molecule has 0 saturated heterocycles. The molecule has 0 amide bonds. The fourth-order valence-corrected chi connectivity index (χ4v) is 3.09. The quantitative estimate of drug-likeness (QED) is 0.733. The predicted octanol–water partition coefficient (Wildman–Crippen LogP) is 5.13. The van der Waals surface area contributed by atoms with Crippen LogP contribution in [0.3, 0.4) is 0 Å². The Kier molecular flexibility index (Phi) is 5.72. The first-order valence-electron chi connectivity index (χ1n) is 8.17. The van der Waals surface area contributed by atoms with Gasteiger partial charge in [0.1, 0.15) is 5.75 Å². The normalized spacial score (nSPS) is 22.0. The molecule has 0 radical (unpaired) electrons. The Labute approximate surface area is 129 Å². The molecule has 1 aromatic rings. The van der Waals surface area contributed by atoms with E-state index in [1.807, 2.05) is 6.07 Å². The number of nitrogens with one attached hydrogen (secondary N) is 1. The van der Waals surface area contributed by atoms with Crippen molar-refractivity contribution in [3.8, 4) is 5.75 Å².